The number of aliphatic hydroxyl groups excluding tert-OH is 2. The normalized spacial score (nSPS) is 55.2. The van der Waals surface area contributed by atoms with Crippen LogP contribution in [-0.2, 0) is 0 Å². The summed E-state index contributed by atoms with van der Waals surface area (Å²) in [5.74, 6) is 3.23. The molecule has 0 amide bonds. The highest BCUT2D eigenvalue weighted by atomic mass is 79.9. The molecule has 10 atom stereocenters. The molecule has 0 bridgehead atoms. The van der Waals surface area contributed by atoms with Crippen LogP contribution in [-0.4, -0.2) is 28.3 Å². The van der Waals surface area contributed by atoms with Crippen molar-refractivity contribution in [2.24, 2.45) is 56.7 Å². The number of rotatable bonds is 3. The molecule has 5 fully saturated rings. The lowest BCUT2D eigenvalue weighted by Crippen LogP contribution is -2.66. The molecular formula is C30H49BrO2. The third-order valence-corrected chi connectivity index (χ3v) is 14.3. The van der Waals surface area contributed by atoms with E-state index in [1.54, 1.807) is 0 Å². The molecule has 0 aromatic rings. The van der Waals surface area contributed by atoms with Crippen LogP contribution in [0.15, 0.2) is 12.2 Å². The summed E-state index contributed by atoms with van der Waals surface area (Å²) < 4.78 is 0. The molecule has 3 heteroatoms. The van der Waals surface area contributed by atoms with E-state index in [2.05, 4.69) is 57.1 Å². The highest BCUT2D eigenvalue weighted by molar-refractivity contribution is 9.09. The molecular weight excluding hydrogens is 472 g/mol. The first-order chi connectivity index (χ1) is 15.4. The monoisotopic (exact) mass is 520 g/mol. The molecule has 0 radical (unpaired) electrons. The molecule has 0 spiro atoms. The van der Waals surface area contributed by atoms with Crippen molar-refractivity contribution in [2.75, 3.05) is 11.9 Å². The number of halogens is 1. The van der Waals surface area contributed by atoms with Gasteiger partial charge in [0.2, 0.25) is 0 Å². The molecule has 5 aliphatic carbocycles. The summed E-state index contributed by atoms with van der Waals surface area (Å²) in [6.07, 6.45) is 12.1. The van der Waals surface area contributed by atoms with Gasteiger partial charge in [-0.2, -0.15) is 0 Å². The van der Waals surface area contributed by atoms with Gasteiger partial charge in [-0.15, -0.1) is 0 Å². The summed E-state index contributed by atoms with van der Waals surface area (Å²) in [6, 6.07) is 0. The fourth-order valence-electron chi connectivity index (χ4n) is 11.6. The van der Waals surface area contributed by atoms with E-state index in [-0.39, 0.29) is 16.9 Å². The average Bonchev–Trinajstić information content (AvgIpc) is 3.17. The smallest absolute Gasteiger partial charge is 0.0594 e. The van der Waals surface area contributed by atoms with E-state index in [1.165, 1.54) is 63.4 Å². The second kappa shape index (κ2) is 7.82. The molecule has 0 heterocycles. The summed E-state index contributed by atoms with van der Waals surface area (Å²) in [7, 11) is 0. The Morgan fingerprint density at radius 3 is 2.24 bits per heavy atom. The van der Waals surface area contributed by atoms with Crippen LogP contribution in [0.4, 0.5) is 0 Å². The third kappa shape index (κ3) is 3.03. The van der Waals surface area contributed by atoms with Crippen molar-refractivity contribution in [2.45, 2.75) is 105 Å². The molecule has 0 saturated heterocycles. The summed E-state index contributed by atoms with van der Waals surface area (Å²) >= 11 is 3.73. The summed E-state index contributed by atoms with van der Waals surface area (Å²) in [4.78, 5) is 0. The van der Waals surface area contributed by atoms with Crippen molar-refractivity contribution in [3.8, 4) is 0 Å². The fourth-order valence-corrected chi connectivity index (χ4v) is 12.0. The Morgan fingerprint density at radius 2 is 1.58 bits per heavy atom. The number of allylic oxidation sites excluding steroid dienone is 1. The summed E-state index contributed by atoms with van der Waals surface area (Å²) in [6.45, 7) is 17.5. The minimum atomic E-state index is -0.152. The quantitative estimate of drug-likeness (QED) is 0.301. The second-order valence-corrected chi connectivity index (χ2v) is 15.1. The molecule has 0 aliphatic heterocycles. The van der Waals surface area contributed by atoms with E-state index in [0.29, 0.717) is 46.5 Å². The van der Waals surface area contributed by atoms with Crippen LogP contribution in [0.1, 0.15) is 98.8 Å². The van der Waals surface area contributed by atoms with E-state index >= 15 is 0 Å². The molecule has 2 N–H and O–H groups in total. The van der Waals surface area contributed by atoms with Gasteiger partial charge in [-0.1, -0.05) is 62.7 Å². The first kappa shape index (κ1) is 24.8. The van der Waals surface area contributed by atoms with E-state index in [9.17, 15) is 10.2 Å². The van der Waals surface area contributed by atoms with Crippen LogP contribution in [0.2, 0.25) is 0 Å². The van der Waals surface area contributed by atoms with Gasteiger partial charge in [0.05, 0.1) is 6.10 Å². The van der Waals surface area contributed by atoms with E-state index in [4.69, 9.17) is 0 Å². The lowest BCUT2D eigenvalue weighted by molar-refractivity contribution is -0.249. The zero-order valence-electron chi connectivity index (χ0n) is 21.9. The van der Waals surface area contributed by atoms with Crippen LogP contribution in [0.5, 0.6) is 0 Å². The van der Waals surface area contributed by atoms with Crippen molar-refractivity contribution in [3.05, 3.63) is 12.2 Å². The predicted molar refractivity (Wildman–Crippen MR) is 140 cm³/mol. The maximum Gasteiger partial charge on any atom is 0.0594 e. The molecule has 1 unspecified atom stereocenters. The SMILES string of the molecule is C=C(CBr)[C@@H]1CC[C@]2(CO)CC[C@]3(C)[C@H](CC[C@@H]4[C@@]5(C)CCC(O)C(C)(C)[C@@H]5CC[C@]43C)[C@@H]12. The zero-order valence-corrected chi connectivity index (χ0v) is 23.5. The fraction of sp³-hybridized carbons (Fsp3) is 0.933. The summed E-state index contributed by atoms with van der Waals surface area (Å²) in [5, 5.41) is 22.5. The lowest BCUT2D eigenvalue weighted by Gasteiger charge is -2.73. The Hall–Kier alpha value is 0.140. The molecule has 0 aromatic heterocycles. The minimum absolute atomic E-state index is 0.0227. The summed E-state index contributed by atoms with van der Waals surface area (Å²) in [5.41, 5.74) is 2.54. The van der Waals surface area contributed by atoms with Crippen molar-refractivity contribution >= 4 is 15.9 Å². The van der Waals surface area contributed by atoms with Crippen LogP contribution in [0, 0.1) is 56.7 Å². The highest BCUT2D eigenvalue weighted by Crippen LogP contribution is 2.77. The van der Waals surface area contributed by atoms with E-state index < -0.39 is 0 Å². The van der Waals surface area contributed by atoms with E-state index in [0.717, 1.165) is 17.7 Å². The van der Waals surface area contributed by atoms with Gasteiger partial charge in [0.25, 0.3) is 0 Å². The Labute approximate surface area is 211 Å². The van der Waals surface area contributed by atoms with Crippen molar-refractivity contribution in [1.29, 1.82) is 0 Å². The molecule has 5 saturated carbocycles. The first-order valence-electron chi connectivity index (χ1n) is 13.9. The third-order valence-electron chi connectivity index (χ3n) is 13.6. The Balaban J connectivity index is 1.54. The molecule has 33 heavy (non-hydrogen) atoms. The van der Waals surface area contributed by atoms with Gasteiger partial charge in [-0.3, -0.25) is 0 Å². The second-order valence-electron chi connectivity index (χ2n) is 14.5. The Morgan fingerprint density at radius 1 is 0.848 bits per heavy atom. The average molecular weight is 522 g/mol. The number of hydrogen-bond acceptors (Lipinski definition) is 2. The van der Waals surface area contributed by atoms with Gasteiger partial charge in [0, 0.05) is 11.9 Å². The Bertz CT molecular complexity index is 807. The number of hydrogen-bond donors (Lipinski definition) is 2. The van der Waals surface area contributed by atoms with Crippen molar-refractivity contribution in [3.63, 3.8) is 0 Å². The maximum atomic E-state index is 10.9. The number of alkyl halides is 1. The highest BCUT2D eigenvalue weighted by Gasteiger charge is 2.70. The predicted octanol–water partition coefficient (Wildman–Crippen LogP) is 7.37. The number of aliphatic hydroxyl groups is 2. The molecule has 5 rings (SSSR count). The van der Waals surface area contributed by atoms with Crippen LogP contribution < -0.4 is 0 Å². The number of fused-ring (bicyclic) bond motifs is 7. The van der Waals surface area contributed by atoms with Crippen molar-refractivity contribution < 1.29 is 10.2 Å². The van der Waals surface area contributed by atoms with Crippen LogP contribution >= 0.6 is 15.9 Å². The van der Waals surface area contributed by atoms with Gasteiger partial charge in [-0.25, -0.2) is 0 Å². The van der Waals surface area contributed by atoms with Crippen LogP contribution in [0.25, 0.3) is 0 Å². The minimum Gasteiger partial charge on any atom is -0.396 e. The van der Waals surface area contributed by atoms with Gasteiger partial charge < -0.3 is 10.2 Å². The van der Waals surface area contributed by atoms with Gasteiger partial charge in [0.15, 0.2) is 0 Å². The molecule has 0 aromatic carbocycles. The lowest BCUT2D eigenvalue weighted by atomic mass is 9.32. The largest absolute Gasteiger partial charge is 0.396 e. The van der Waals surface area contributed by atoms with Gasteiger partial charge in [0.1, 0.15) is 0 Å². The Kier molecular flexibility index (Phi) is 5.88. The van der Waals surface area contributed by atoms with Gasteiger partial charge >= 0.3 is 0 Å². The first-order valence-corrected chi connectivity index (χ1v) is 15.1. The maximum absolute atomic E-state index is 10.9. The van der Waals surface area contributed by atoms with Crippen LogP contribution in [0.3, 0.4) is 0 Å². The van der Waals surface area contributed by atoms with Gasteiger partial charge in [-0.05, 0) is 121 Å². The van der Waals surface area contributed by atoms with E-state index in [1.807, 2.05) is 0 Å². The molecule has 188 valence electrons. The molecule has 5 aliphatic rings. The standard InChI is InChI=1S/C30H49BrO2/c1-19(17-31)20-9-14-30(18-32)16-15-28(5)21(25(20)30)7-8-23-27(4)12-11-24(33)26(2,3)22(27)10-13-29(23,28)6/h20-25,32-33H,1,7-18H2,2-6H3/t20-,21+,22-,23+,24?,25+,27-,28+,29+,30+/m0/s1. The topological polar surface area (TPSA) is 40.5 Å². The van der Waals surface area contributed by atoms with Crippen molar-refractivity contribution in [1.82, 2.24) is 0 Å². The zero-order chi connectivity index (χ0) is 24.0. The molecule has 2 nitrogen and oxygen atoms in total.